The van der Waals surface area contributed by atoms with E-state index in [0.29, 0.717) is 16.9 Å². The van der Waals surface area contributed by atoms with Crippen LogP contribution in [0.4, 0.5) is 11.4 Å². The third kappa shape index (κ3) is 5.90. The number of hydrogen-bond acceptors (Lipinski definition) is 4. The van der Waals surface area contributed by atoms with Crippen molar-refractivity contribution >= 4 is 52.5 Å². The van der Waals surface area contributed by atoms with Gasteiger partial charge in [-0.15, -0.1) is 11.8 Å². The Hall–Kier alpha value is -3.29. The van der Waals surface area contributed by atoms with E-state index in [1.54, 1.807) is 37.3 Å². The van der Waals surface area contributed by atoms with Crippen molar-refractivity contribution in [1.82, 2.24) is 0 Å². The maximum atomic E-state index is 12.6. The van der Waals surface area contributed by atoms with Gasteiger partial charge in [0.05, 0.1) is 15.8 Å². The summed E-state index contributed by atoms with van der Waals surface area (Å²) in [6.45, 7) is 3.62. The van der Waals surface area contributed by atoms with Gasteiger partial charge in [0, 0.05) is 21.8 Å². The van der Waals surface area contributed by atoms with Crippen LogP contribution in [-0.2, 0) is 4.79 Å². The highest BCUT2D eigenvalue weighted by molar-refractivity contribution is 8.00. The molecular formula is C24H21ClN2O4S. The molecule has 164 valence electrons. The quantitative estimate of drug-likeness (QED) is 0.385. The molecule has 8 heteroatoms. The number of amides is 2. The van der Waals surface area contributed by atoms with Gasteiger partial charge < -0.3 is 15.7 Å². The Bertz CT molecular complexity index is 1180. The lowest BCUT2D eigenvalue weighted by molar-refractivity contribution is -0.115. The van der Waals surface area contributed by atoms with Crippen molar-refractivity contribution in [3.05, 3.63) is 88.4 Å². The molecule has 2 amide bonds. The summed E-state index contributed by atoms with van der Waals surface area (Å²) in [4.78, 5) is 37.2. The van der Waals surface area contributed by atoms with Crippen LogP contribution in [-0.4, -0.2) is 28.1 Å². The fourth-order valence-electron chi connectivity index (χ4n) is 2.94. The van der Waals surface area contributed by atoms with E-state index in [-0.39, 0.29) is 22.4 Å². The molecule has 0 saturated heterocycles. The molecule has 0 aromatic heterocycles. The van der Waals surface area contributed by atoms with Crippen molar-refractivity contribution in [2.45, 2.75) is 24.0 Å². The number of carbonyl (C=O) groups is 3. The predicted molar refractivity (Wildman–Crippen MR) is 128 cm³/mol. The molecule has 3 N–H and O–H groups in total. The molecule has 0 fully saturated rings. The molecule has 3 aromatic rings. The maximum absolute atomic E-state index is 12.6. The molecule has 1 unspecified atom stereocenters. The van der Waals surface area contributed by atoms with Gasteiger partial charge in [0.15, 0.2) is 0 Å². The largest absolute Gasteiger partial charge is 0.478 e. The second kappa shape index (κ2) is 10.3. The van der Waals surface area contributed by atoms with Crippen molar-refractivity contribution < 1.29 is 19.5 Å². The second-order valence-corrected chi connectivity index (χ2v) is 8.87. The lowest BCUT2D eigenvalue weighted by atomic mass is 10.1. The van der Waals surface area contributed by atoms with Crippen LogP contribution in [0.2, 0.25) is 5.02 Å². The predicted octanol–water partition coefficient (Wildman–Crippen LogP) is 5.72. The minimum atomic E-state index is -1.17. The Balaban J connectivity index is 1.65. The summed E-state index contributed by atoms with van der Waals surface area (Å²) in [7, 11) is 0. The van der Waals surface area contributed by atoms with Crippen LogP contribution in [0.25, 0.3) is 0 Å². The number of nitrogens with one attached hydrogen (secondary N) is 2. The third-order valence-corrected chi connectivity index (χ3v) is 6.05. The van der Waals surface area contributed by atoms with Gasteiger partial charge in [-0.1, -0.05) is 35.9 Å². The van der Waals surface area contributed by atoms with Gasteiger partial charge in [-0.05, 0) is 61.9 Å². The van der Waals surface area contributed by atoms with E-state index >= 15 is 0 Å². The standard InChI is InChI=1S/C24H21ClN2O4S/c1-14-6-3-4-9-19(14)23(29)27-16-7-5-8-18(12-16)32-15(2)22(28)26-17-10-11-21(25)20(13-17)24(30)31/h3-13,15H,1-2H3,(H,26,28)(H,27,29)(H,30,31). The first-order valence-corrected chi connectivity index (χ1v) is 11.0. The maximum Gasteiger partial charge on any atom is 0.337 e. The molecule has 0 heterocycles. The minimum Gasteiger partial charge on any atom is -0.478 e. The molecule has 0 aliphatic heterocycles. The summed E-state index contributed by atoms with van der Waals surface area (Å²) < 4.78 is 0. The Labute approximate surface area is 195 Å². The number of benzene rings is 3. The van der Waals surface area contributed by atoms with E-state index < -0.39 is 11.2 Å². The number of hydrogen-bond donors (Lipinski definition) is 3. The molecule has 32 heavy (non-hydrogen) atoms. The molecule has 0 radical (unpaired) electrons. The summed E-state index contributed by atoms with van der Waals surface area (Å²) in [5.74, 6) is -1.66. The third-order valence-electron chi connectivity index (χ3n) is 4.63. The van der Waals surface area contributed by atoms with E-state index in [2.05, 4.69) is 10.6 Å². The van der Waals surface area contributed by atoms with Crippen LogP contribution in [0.3, 0.4) is 0 Å². The molecule has 3 aromatic carbocycles. The van der Waals surface area contributed by atoms with E-state index in [9.17, 15) is 19.5 Å². The van der Waals surface area contributed by atoms with Gasteiger partial charge in [-0.3, -0.25) is 9.59 Å². The van der Waals surface area contributed by atoms with Gasteiger partial charge >= 0.3 is 5.97 Å². The van der Waals surface area contributed by atoms with Crippen LogP contribution in [0, 0.1) is 6.92 Å². The molecule has 0 aliphatic rings. The van der Waals surface area contributed by atoms with E-state index in [0.717, 1.165) is 10.5 Å². The zero-order valence-corrected chi connectivity index (χ0v) is 19.0. The van der Waals surface area contributed by atoms with Gasteiger partial charge in [-0.25, -0.2) is 4.79 Å². The highest BCUT2D eigenvalue weighted by atomic mass is 35.5. The van der Waals surface area contributed by atoms with E-state index in [1.165, 1.54) is 23.9 Å². The van der Waals surface area contributed by atoms with Gasteiger partial charge in [-0.2, -0.15) is 0 Å². The summed E-state index contributed by atoms with van der Waals surface area (Å²) in [5, 5.41) is 14.4. The molecule has 0 saturated carbocycles. The van der Waals surface area contributed by atoms with Crippen molar-refractivity contribution in [1.29, 1.82) is 0 Å². The van der Waals surface area contributed by atoms with Crippen LogP contribution in [0.5, 0.6) is 0 Å². The molecule has 0 bridgehead atoms. The fourth-order valence-corrected chi connectivity index (χ4v) is 4.07. The summed E-state index contributed by atoms with van der Waals surface area (Å²) >= 11 is 7.19. The summed E-state index contributed by atoms with van der Waals surface area (Å²) in [6.07, 6.45) is 0. The number of rotatable bonds is 7. The Morgan fingerprint density at radius 1 is 0.906 bits per heavy atom. The van der Waals surface area contributed by atoms with Gasteiger partial charge in [0.1, 0.15) is 0 Å². The molecular weight excluding hydrogens is 448 g/mol. The number of anilines is 2. The number of halogens is 1. The molecule has 3 rings (SSSR count). The zero-order chi connectivity index (χ0) is 23.3. The average Bonchev–Trinajstić information content (AvgIpc) is 2.75. The van der Waals surface area contributed by atoms with Crippen molar-refractivity contribution in [2.24, 2.45) is 0 Å². The normalized spacial score (nSPS) is 11.5. The first kappa shape index (κ1) is 23.4. The van der Waals surface area contributed by atoms with Gasteiger partial charge in [0.2, 0.25) is 5.91 Å². The number of carboxylic acid groups (broad SMARTS) is 1. The first-order valence-electron chi connectivity index (χ1n) is 9.72. The summed E-state index contributed by atoms with van der Waals surface area (Å²) in [6, 6.07) is 18.9. The Morgan fingerprint density at radius 3 is 2.34 bits per heavy atom. The van der Waals surface area contributed by atoms with Gasteiger partial charge in [0.25, 0.3) is 5.91 Å². The highest BCUT2D eigenvalue weighted by Gasteiger charge is 2.17. The topological polar surface area (TPSA) is 95.5 Å². The van der Waals surface area contributed by atoms with Crippen LogP contribution < -0.4 is 10.6 Å². The smallest absolute Gasteiger partial charge is 0.337 e. The number of carbonyl (C=O) groups excluding carboxylic acids is 2. The van der Waals surface area contributed by atoms with Crippen molar-refractivity contribution in [3.63, 3.8) is 0 Å². The second-order valence-electron chi connectivity index (χ2n) is 7.05. The Morgan fingerprint density at radius 2 is 1.62 bits per heavy atom. The van der Waals surface area contributed by atoms with Crippen LogP contribution in [0.1, 0.15) is 33.2 Å². The Kier molecular flexibility index (Phi) is 7.56. The molecule has 0 aliphatic carbocycles. The molecule has 6 nitrogen and oxygen atoms in total. The summed E-state index contributed by atoms with van der Waals surface area (Å²) in [5.41, 5.74) is 2.38. The molecule has 1 atom stereocenters. The average molecular weight is 469 g/mol. The number of thioether (sulfide) groups is 1. The van der Waals surface area contributed by atoms with Crippen molar-refractivity contribution in [2.75, 3.05) is 10.6 Å². The monoisotopic (exact) mass is 468 g/mol. The lowest BCUT2D eigenvalue weighted by Crippen LogP contribution is -2.22. The van der Waals surface area contributed by atoms with E-state index in [1.807, 2.05) is 31.2 Å². The zero-order valence-electron chi connectivity index (χ0n) is 17.4. The highest BCUT2D eigenvalue weighted by Crippen LogP contribution is 2.28. The number of aryl methyl sites for hydroxylation is 1. The van der Waals surface area contributed by atoms with Crippen LogP contribution >= 0.6 is 23.4 Å². The number of aromatic carboxylic acids is 1. The number of carboxylic acids is 1. The van der Waals surface area contributed by atoms with E-state index in [4.69, 9.17) is 11.6 Å². The lowest BCUT2D eigenvalue weighted by Gasteiger charge is -2.14. The SMILES string of the molecule is Cc1ccccc1C(=O)Nc1cccc(SC(C)C(=O)Nc2ccc(Cl)c(C(=O)O)c2)c1. The first-order chi connectivity index (χ1) is 15.2. The fraction of sp³-hybridized carbons (Fsp3) is 0.125. The molecule has 0 spiro atoms. The van der Waals surface area contributed by atoms with Crippen molar-refractivity contribution in [3.8, 4) is 0 Å². The van der Waals surface area contributed by atoms with Crippen LogP contribution in [0.15, 0.2) is 71.6 Å². The minimum absolute atomic E-state index is 0.0816.